The van der Waals surface area contributed by atoms with Crippen LogP contribution in [0.5, 0.6) is 0 Å². The van der Waals surface area contributed by atoms with E-state index >= 15 is 0 Å². The van der Waals surface area contributed by atoms with E-state index in [9.17, 15) is 0 Å². The van der Waals surface area contributed by atoms with Gasteiger partial charge in [-0.25, -0.2) is 0 Å². The Morgan fingerprint density at radius 1 is 1.27 bits per heavy atom. The first kappa shape index (κ1) is 9.57. The predicted molar refractivity (Wildman–Crippen MR) is 44.9 cm³/mol. The standard InChI is InChI=1S/C10H14.Na.H/c1-2-6-9(5-1)10-7-3-4-8-10;;/h1-2,5,10H,3-4,6-8H2;;/q;+1;-1. The third-order valence-corrected chi connectivity index (χ3v) is 2.68. The van der Waals surface area contributed by atoms with Crippen LogP contribution in [-0.4, -0.2) is 0 Å². The minimum absolute atomic E-state index is 0. The van der Waals surface area contributed by atoms with E-state index in [-0.39, 0.29) is 31.0 Å². The number of rotatable bonds is 1. The van der Waals surface area contributed by atoms with Crippen LogP contribution in [0.4, 0.5) is 0 Å². The van der Waals surface area contributed by atoms with Crippen LogP contribution in [0.25, 0.3) is 0 Å². The van der Waals surface area contributed by atoms with Crippen LogP contribution in [-0.2, 0) is 0 Å². The Morgan fingerprint density at radius 2 is 2.00 bits per heavy atom. The van der Waals surface area contributed by atoms with Crippen molar-refractivity contribution in [2.24, 2.45) is 5.92 Å². The molecule has 0 N–H and O–H groups in total. The predicted octanol–water partition coefficient (Wildman–Crippen LogP) is 0.179. The Morgan fingerprint density at radius 3 is 2.55 bits per heavy atom. The Balaban J connectivity index is 0.000000605. The van der Waals surface area contributed by atoms with Gasteiger partial charge in [-0.15, -0.1) is 0 Å². The molecule has 2 aliphatic carbocycles. The van der Waals surface area contributed by atoms with Crippen molar-refractivity contribution >= 4 is 0 Å². The minimum Gasteiger partial charge on any atom is -1.00 e. The van der Waals surface area contributed by atoms with Crippen LogP contribution in [0.15, 0.2) is 23.8 Å². The molecule has 1 fully saturated rings. The molecule has 56 valence electrons. The summed E-state index contributed by atoms with van der Waals surface area (Å²) in [5, 5.41) is 0. The summed E-state index contributed by atoms with van der Waals surface area (Å²) < 4.78 is 0. The van der Waals surface area contributed by atoms with Gasteiger partial charge < -0.3 is 1.43 Å². The SMILES string of the molecule is C1=CCC(C2CCCC2)=C1.[H-].[Na+]. The Kier molecular flexibility index (Phi) is 3.91. The van der Waals surface area contributed by atoms with E-state index in [4.69, 9.17) is 0 Å². The Hall–Kier alpha value is 0.480. The summed E-state index contributed by atoms with van der Waals surface area (Å²) in [5.74, 6) is 0.954. The van der Waals surface area contributed by atoms with Crippen LogP contribution < -0.4 is 29.6 Å². The molecule has 0 radical (unpaired) electrons. The van der Waals surface area contributed by atoms with E-state index in [1.54, 1.807) is 5.57 Å². The molecule has 0 spiro atoms. The molecule has 0 amide bonds. The zero-order valence-corrected chi connectivity index (χ0v) is 9.34. The van der Waals surface area contributed by atoms with Gasteiger partial charge in [-0.1, -0.05) is 36.6 Å². The molecule has 0 unspecified atom stereocenters. The van der Waals surface area contributed by atoms with Crippen LogP contribution in [0.3, 0.4) is 0 Å². The zero-order chi connectivity index (χ0) is 6.81. The van der Waals surface area contributed by atoms with Crippen molar-refractivity contribution in [1.29, 1.82) is 0 Å². The normalized spacial score (nSPS) is 23.5. The van der Waals surface area contributed by atoms with Crippen molar-refractivity contribution in [2.75, 3.05) is 0 Å². The molecule has 0 heterocycles. The third-order valence-electron chi connectivity index (χ3n) is 2.68. The quantitative estimate of drug-likeness (QED) is 0.478. The maximum Gasteiger partial charge on any atom is 1.00 e. The fourth-order valence-corrected chi connectivity index (χ4v) is 2.06. The van der Waals surface area contributed by atoms with Crippen molar-refractivity contribution < 1.29 is 31.0 Å². The average molecular weight is 158 g/mol. The third kappa shape index (κ3) is 2.21. The van der Waals surface area contributed by atoms with Gasteiger partial charge in [0.1, 0.15) is 0 Å². The van der Waals surface area contributed by atoms with Crippen molar-refractivity contribution in [1.82, 2.24) is 0 Å². The van der Waals surface area contributed by atoms with E-state index in [1.807, 2.05) is 0 Å². The largest absolute Gasteiger partial charge is 1.00 e. The molecule has 11 heavy (non-hydrogen) atoms. The van der Waals surface area contributed by atoms with Gasteiger partial charge in [-0.2, -0.15) is 0 Å². The van der Waals surface area contributed by atoms with Gasteiger partial charge in [-0.05, 0) is 25.2 Å². The monoisotopic (exact) mass is 158 g/mol. The molecule has 0 aromatic carbocycles. The van der Waals surface area contributed by atoms with Gasteiger partial charge in [0.15, 0.2) is 0 Å². The fraction of sp³-hybridized carbons (Fsp3) is 0.600. The van der Waals surface area contributed by atoms with Crippen molar-refractivity contribution in [3.63, 3.8) is 0 Å². The maximum atomic E-state index is 2.32. The molecule has 1 saturated carbocycles. The van der Waals surface area contributed by atoms with E-state index in [0.29, 0.717) is 0 Å². The van der Waals surface area contributed by atoms with Crippen LogP contribution in [0, 0.1) is 5.92 Å². The van der Waals surface area contributed by atoms with E-state index in [1.165, 1.54) is 32.1 Å². The molecule has 2 rings (SSSR count). The second kappa shape index (κ2) is 4.49. The molecule has 0 aromatic heterocycles. The number of hydrogen-bond donors (Lipinski definition) is 0. The molecule has 0 aromatic rings. The van der Waals surface area contributed by atoms with Crippen molar-refractivity contribution in [3.05, 3.63) is 23.8 Å². The van der Waals surface area contributed by atoms with Crippen molar-refractivity contribution in [3.8, 4) is 0 Å². The topological polar surface area (TPSA) is 0 Å². The average Bonchev–Trinajstić information content (AvgIpc) is 2.59. The summed E-state index contributed by atoms with van der Waals surface area (Å²) in [5.41, 5.74) is 1.69. The van der Waals surface area contributed by atoms with Crippen molar-refractivity contribution in [2.45, 2.75) is 32.1 Å². The van der Waals surface area contributed by atoms with Gasteiger partial charge in [0.2, 0.25) is 0 Å². The molecular weight excluding hydrogens is 143 g/mol. The van der Waals surface area contributed by atoms with Crippen LogP contribution in [0.2, 0.25) is 0 Å². The number of hydrogen-bond acceptors (Lipinski definition) is 0. The summed E-state index contributed by atoms with van der Waals surface area (Å²) in [4.78, 5) is 0. The van der Waals surface area contributed by atoms with Gasteiger partial charge in [-0.3, -0.25) is 0 Å². The second-order valence-electron chi connectivity index (χ2n) is 3.36. The Labute approximate surface area is 92.5 Å². The summed E-state index contributed by atoms with van der Waals surface area (Å²) in [6, 6.07) is 0. The van der Waals surface area contributed by atoms with Gasteiger partial charge in [0.05, 0.1) is 0 Å². The van der Waals surface area contributed by atoms with E-state index < -0.39 is 0 Å². The molecule has 0 saturated heterocycles. The summed E-state index contributed by atoms with van der Waals surface area (Å²) >= 11 is 0. The molecular formula is C10H15Na. The molecule has 1 heteroatoms. The smallest absolute Gasteiger partial charge is 1.00 e. The fourth-order valence-electron chi connectivity index (χ4n) is 2.06. The van der Waals surface area contributed by atoms with Crippen LogP contribution >= 0.6 is 0 Å². The first-order chi connectivity index (χ1) is 4.97. The first-order valence-electron chi connectivity index (χ1n) is 4.32. The maximum absolute atomic E-state index is 2.32. The molecule has 0 bridgehead atoms. The van der Waals surface area contributed by atoms with Gasteiger partial charge in [0.25, 0.3) is 0 Å². The molecule has 2 aliphatic rings. The van der Waals surface area contributed by atoms with E-state index in [0.717, 1.165) is 5.92 Å². The molecule has 0 atom stereocenters. The summed E-state index contributed by atoms with van der Waals surface area (Å²) in [6.45, 7) is 0. The summed E-state index contributed by atoms with van der Waals surface area (Å²) in [7, 11) is 0. The molecule has 0 aliphatic heterocycles. The minimum atomic E-state index is 0. The first-order valence-corrected chi connectivity index (χ1v) is 4.32. The zero-order valence-electron chi connectivity index (χ0n) is 8.34. The second-order valence-corrected chi connectivity index (χ2v) is 3.36. The van der Waals surface area contributed by atoms with Gasteiger partial charge >= 0.3 is 29.6 Å². The van der Waals surface area contributed by atoms with E-state index in [2.05, 4.69) is 18.2 Å². The molecule has 0 nitrogen and oxygen atoms in total. The van der Waals surface area contributed by atoms with Crippen LogP contribution in [0.1, 0.15) is 33.5 Å². The number of allylic oxidation sites excluding steroid dienone is 4. The van der Waals surface area contributed by atoms with Gasteiger partial charge in [0, 0.05) is 0 Å². The Bertz CT molecular complexity index is 178. The summed E-state index contributed by atoms with van der Waals surface area (Å²) in [6.07, 6.45) is 13.9.